The number of nitrogens with zero attached hydrogens (tertiary/aromatic N) is 1. The molecule has 1 amide bonds. The highest BCUT2D eigenvalue weighted by Gasteiger charge is 2.33. The minimum atomic E-state index is -0.880. The predicted molar refractivity (Wildman–Crippen MR) is 82.8 cm³/mol. The summed E-state index contributed by atoms with van der Waals surface area (Å²) in [4.78, 5) is 14.7. The van der Waals surface area contributed by atoms with Crippen LogP contribution in [0.15, 0.2) is 29.2 Å². The Morgan fingerprint density at radius 1 is 1.45 bits per heavy atom. The molecule has 2 N–H and O–H groups in total. The molecule has 1 fully saturated rings. The quantitative estimate of drug-likeness (QED) is 0.783. The summed E-state index contributed by atoms with van der Waals surface area (Å²) in [7, 11) is 0. The van der Waals surface area contributed by atoms with E-state index in [1.54, 1.807) is 28.4 Å². The Morgan fingerprint density at radius 3 is 2.75 bits per heavy atom. The van der Waals surface area contributed by atoms with E-state index in [-0.39, 0.29) is 24.4 Å². The monoisotopic (exact) mass is 313 g/mol. The maximum Gasteiger partial charge on any atom is 0.233 e. The molecule has 0 aromatic heterocycles. The number of hydrogen-bond donors (Lipinski definition) is 2. The largest absolute Gasteiger partial charge is 0.394 e. The van der Waals surface area contributed by atoms with Gasteiger partial charge in [-0.2, -0.15) is 0 Å². The van der Waals surface area contributed by atoms with Crippen molar-refractivity contribution in [1.29, 1.82) is 0 Å². The molecule has 6 heteroatoms. The van der Waals surface area contributed by atoms with Crippen LogP contribution in [0.3, 0.4) is 0 Å². The number of carbonyl (C=O) groups excluding carboxylic acids is 1. The van der Waals surface area contributed by atoms with Gasteiger partial charge in [0.15, 0.2) is 0 Å². The van der Waals surface area contributed by atoms with E-state index in [1.165, 1.54) is 4.90 Å². The number of benzene rings is 1. The molecular formula is C14H19NO3S2. The molecule has 2 rings (SSSR count). The van der Waals surface area contributed by atoms with E-state index in [4.69, 9.17) is 5.11 Å². The summed E-state index contributed by atoms with van der Waals surface area (Å²) in [5.74, 6) is 1.47. The number of rotatable bonds is 6. The first-order valence-corrected chi connectivity index (χ1v) is 8.62. The smallest absolute Gasteiger partial charge is 0.233 e. The Balaban J connectivity index is 2.11. The fourth-order valence-corrected chi connectivity index (χ4v) is 3.97. The molecule has 0 saturated carbocycles. The molecule has 0 spiro atoms. The van der Waals surface area contributed by atoms with Crippen molar-refractivity contribution in [3.05, 3.63) is 29.8 Å². The Morgan fingerprint density at radius 2 is 2.15 bits per heavy atom. The molecular weight excluding hydrogens is 294 g/mol. The summed E-state index contributed by atoms with van der Waals surface area (Å²) in [6.45, 7) is 1.97. The first-order valence-electron chi connectivity index (χ1n) is 6.58. The lowest BCUT2D eigenvalue weighted by Crippen LogP contribution is -2.37. The minimum absolute atomic E-state index is 0.0134. The Bertz CT molecular complexity index is 452. The van der Waals surface area contributed by atoms with Crippen molar-refractivity contribution in [1.82, 2.24) is 4.90 Å². The summed E-state index contributed by atoms with van der Waals surface area (Å²) in [5.41, 5.74) is 1.06. The maximum absolute atomic E-state index is 11.9. The lowest BCUT2D eigenvalue weighted by atomic mass is 10.2. The van der Waals surface area contributed by atoms with E-state index in [0.717, 1.165) is 11.3 Å². The van der Waals surface area contributed by atoms with Crippen LogP contribution in [-0.2, 0) is 4.79 Å². The molecule has 1 aromatic rings. The lowest BCUT2D eigenvalue weighted by molar-refractivity contribution is -0.129. The van der Waals surface area contributed by atoms with Crippen LogP contribution in [0.2, 0.25) is 0 Å². The van der Waals surface area contributed by atoms with Gasteiger partial charge in [0.1, 0.15) is 5.37 Å². The predicted octanol–water partition coefficient (Wildman–Crippen LogP) is 1.73. The summed E-state index contributed by atoms with van der Waals surface area (Å²) >= 11 is 3.34. The van der Waals surface area contributed by atoms with E-state index in [0.29, 0.717) is 5.75 Å². The van der Waals surface area contributed by atoms with Gasteiger partial charge in [0.2, 0.25) is 5.91 Å². The van der Waals surface area contributed by atoms with Gasteiger partial charge in [-0.25, -0.2) is 0 Å². The van der Waals surface area contributed by atoms with Gasteiger partial charge in [-0.05, 0) is 23.4 Å². The zero-order chi connectivity index (χ0) is 14.5. The molecule has 2 unspecified atom stereocenters. The van der Waals surface area contributed by atoms with Gasteiger partial charge in [0, 0.05) is 4.90 Å². The third-order valence-corrected chi connectivity index (χ3v) is 5.21. The first-order chi connectivity index (χ1) is 9.65. The summed E-state index contributed by atoms with van der Waals surface area (Å²) in [6, 6.07) is 8.19. The summed E-state index contributed by atoms with van der Waals surface area (Å²) < 4.78 is 0. The number of thioether (sulfide) groups is 2. The molecule has 1 aliphatic rings. The van der Waals surface area contributed by atoms with Crippen molar-refractivity contribution < 1.29 is 15.0 Å². The molecule has 110 valence electrons. The van der Waals surface area contributed by atoms with Crippen LogP contribution in [-0.4, -0.2) is 51.8 Å². The number of hydrogen-bond acceptors (Lipinski definition) is 5. The van der Waals surface area contributed by atoms with Crippen molar-refractivity contribution >= 4 is 29.4 Å². The van der Waals surface area contributed by atoms with Gasteiger partial charge in [0.05, 0.1) is 25.0 Å². The van der Waals surface area contributed by atoms with E-state index >= 15 is 0 Å². The Kier molecular flexibility index (Phi) is 5.77. The van der Waals surface area contributed by atoms with Crippen LogP contribution in [0.25, 0.3) is 0 Å². The van der Waals surface area contributed by atoms with Crippen LogP contribution >= 0.6 is 23.5 Å². The van der Waals surface area contributed by atoms with Crippen LogP contribution in [0.4, 0.5) is 0 Å². The fourth-order valence-electron chi connectivity index (χ4n) is 2.11. The molecule has 1 saturated heterocycles. The van der Waals surface area contributed by atoms with Gasteiger partial charge < -0.3 is 15.1 Å². The highest BCUT2D eigenvalue weighted by atomic mass is 32.2. The zero-order valence-electron chi connectivity index (χ0n) is 11.4. The second-order valence-corrected chi connectivity index (χ2v) is 6.95. The number of aliphatic hydroxyl groups is 2. The van der Waals surface area contributed by atoms with E-state index < -0.39 is 6.10 Å². The number of carbonyl (C=O) groups is 1. The Hall–Kier alpha value is -0.690. The molecule has 20 heavy (non-hydrogen) atoms. The van der Waals surface area contributed by atoms with Gasteiger partial charge in [-0.1, -0.05) is 19.1 Å². The lowest BCUT2D eigenvalue weighted by Gasteiger charge is -2.26. The van der Waals surface area contributed by atoms with Crippen molar-refractivity contribution in [2.24, 2.45) is 0 Å². The van der Waals surface area contributed by atoms with Gasteiger partial charge in [-0.3, -0.25) is 4.79 Å². The highest BCUT2D eigenvalue weighted by Crippen LogP contribution is 2.39. The molecule has 1 aliphatic heterocycles. The second kappa shape index (κ2) is 7.36. The topological polar surface area (TPSA) is 60.8 Å². The molecule has 1 aromatic carbocycles. The maximum atomic E-state index is 11.9. The molecule has 2 atom stereocenters. The van der Waals surface area contributed by atoms with E-state index in [1.807, 2.05) is 12.1 Å². The van der Waals surface area contributed by atoms with Crippen LogP contribution in [0, 0.1) is 0 Å². The second-order valence-electron chi connectivity index (χ2n) is 4.55. The molecule has 0 bridgehead atoms. The summed E-state index contributed by atoms with van der Waals surface area (Å²) in [5, 5.41) is 18.4. The fraction of sp³-hybridized carbons (Fsp3) is 0.500. The van der Waals surface area contributed by atoms with Crippen LogP contribution < -0.4 is 0 Å². The SMILES string of the molecule is CCSc1ccc(C2SCC(=O)N2CC(O)CO)cc1. The van der Waals surface area contributed by atoms with Crippen molar-refractivity contribution in [2.45, 2.75) is 23.3 Å². The third kappa shape index (κ3) is 3.69. The normalized spacial score (nSPS) is 20.4. The van der Waals surface area contributed by atoms with E-state index in [9.17, 15) is 9.90 Å². The average molecular weight is 313 g/mol. The first kappa shape index (κ1) is 15.7. The molecule has 1 heterocycles. The van der Waals surface area contributed by atoms with Crippen molar-refractivity contribution in [3.63, 3.8) is 0 Å². The highest BCUT2D eigenvalue weighted by molar-refractivity contribution is 8.00. The number of amides is 1. The van der Waals surface area contributed by atoms with Gasteiger partial charge in [-0.15, -0.1) is 23.5 Å². The molecule has 4 nitrogen and oxygen atoms in total. The Labute approximate surface area is 127 Å². The van der Waals surface area contributed by atoms with Gasteiger partial charge >= 0.3 is 0 Å². The standard InChI is InChI=1S/C14H19NO3S2/c1-2-19-12-5-3-10(4-6-12)14-15(7-11(17)8-16)13(18)9-20-14/h3-6,11,14,16-17H,2,7-9H2,1H3. The number of β-amino-alcohol motifs (C(OH)–C–C–N with tert-alkyl or cyclic N) is 1. The summed E-state index contributed by atoms with van der Waals surface area (Å²) in [6.07, 6.45) is -0.880. The molecule has 0 aliphatic carbocycles. The number of aliphatic hydroxyl groups excluding tert-OH is 2. The average Bonchev–Trinajstić information content (AvgIpc) is 2.81. The van der Waals surface area contributed by atoms with Gasteiger partial charge in [0.25, 0.3) is 0 Å². The van der Waals surface area contributed by atoms with Crippen LogP contribution in [0.5, 0.6) is 0 Å². The third-order valence-electron chi connectivity index (χ3n) is 3.06. The molecule has 0 radical (unpaired) electrons. The zero-order valence-corrected chi connectivity index (χ0v) is 13.0. The minimum Gasteiger partial charge on any atom is -0.394 e. The van der Waals surface area contributed by atoms with E-state index in [2.05, 4.69) is 19.1 Å². The van der Waals surface area contributed by atoms with Crippen molar-refractivity contribution in [2.75, 3.05) is 24.7 Å². The van der Waals surface area contributed by atoms with Crippen LogP contribution in [0.1, 0.15) is 17.9 Å². The van der Waals surface area contributed by atoms with Crippen molar-refractivity contribution in [3.8, 4) is 0 Å².